The van der Waals surface area contributed by atoms with E-state index in [1.165, 1.54) is 6.07 Å². The SMILES string of the molecule is OC(CNCc1ccc(F)c(F)c1)c1ccccc1Cl. The van der Waals surface area contributed by atoms with Crippen molar-refractivity contribution in [2.45, 2.75) is 12.6 Å². The van der Waals surface area contributed by atoms with E-state index in [9.17, 15) is 13.9 Å². The number of hydrogen-bond acceptors (Lipinski definition) is 2. The molecule has 0 aromatic heterocycles. The maximum atomic E-state index is 13.0. The van der Waals surface area contributed by atoms with Crippen LogP contribution in [0.4, 0.5) is 8.78 Å². The molecule has 0 radical (unpaired) electrons. The third kappa shape index (κ3) is 3.76. The van der Waals surface area contributed by atoms with Crippen LogP contribution in [-0.4, -0.2) is 11.7 Å². The summed E-state index contributed by atoms with van der Waals surface area (Å²) in [6.07, 6.45) is -0.756. The topological polar surface area (TPSA) is 32.3 Å². The van der Waals surface area contributed by atoms with Crippen LogP contribution in [0.5, 0.6) is 0 Å². The average molecular weight is 298 g/mol. The van der Waals surface area contributed by atoms with Crippen molar-refractivity contribution in [3.05, 3.63) is 70.2 Å². The summed E-state index contributed by atoms with van der Waals surface area (Å²) in [5.74, 6) is -1.75. The average Bonchev–Trinajstić information content (AvgIpc) is 2.43. The standard InChI is InChI=1S/C15H14ClF2NO/c16-12-4-2-1-3-11(12)15(20)9-19-8-10-5-6-13(17)14(18)7-10/h1-7,15,19-20H,8-9H2. The minimum atomic E-state index is -0.879. The first-order chi connectivity index (χ1) is 9.58. The smallest absolute Gasteiger partial charge is 0.159 e. The molecule has 0 aliphatic carbocycles. The molecule has 1 unspecified atom stereocenters. The van der Waals surface area contributed by atoms with Crippen molar-refractivity contribution >= 4 is 11.6 Å². The molecule has 2 aromatic rings. The summed E-state index contributed by atoms with van der Waals surface area (Å²) < 4.78 is 25.8. The first-order valence-electron chi connectivity index (χ1n) is 6.15. The predicted octanol–water partition coefficient (Wildman–Crippen LogP) is 3.44. The minimum absolute atomic E-state index is 0.267. The summed E-state index contributed by atoms with van der Waals surface area (Å²) in [5, 5.41) is 13.5. The Morgan fingerprint density at radius 1 is 1.10 bits per heavy atom. The Morgan fingerprint density at radius 2 is 1.85 bits per heavy atom. The molecule has 0 spiro atoms. The van der Waals surface area contributed by atoms with E-state index in [1.807, 2.05) is 0 Å². The van der Waals surface area contributed by atoms with Gasteiger partial charge in [0.1, 0.15) is 0 Å². The van der Waals surface area contributed by atoms with Crippen molar-refractivity contribution in [2.24, 2.45) is 0 Å². The van der Waals surface area contributed by atoms with Gasteiger partial charge in [-0.2, -0.15) is 0 Å². The van der Waals surface area contributed by atoms with Crippen LogP contribution >= 0.6 is 11.6 Å². The molecule has 2 rings (SSSR count). The second-order valence-electron chi connectivity index (χ2n) is 4.42. The van der Waals surface area contributed by atoms with Gasteiger partial charge in [0.2, 0.25) is 0 Å². The zero-order valence-corrected chi connectivity index (χ0v) is 11.4. The second-order valence-corrected chi connectivity index (χ2v) is 4.82. The molecule has 0 fully saturated rings. The molecule has 20 heavy (non-hydrogen) atoms. The lowest BCUT2D eigenvalue weighted by molar-refractivity contribution is 0.174. The van der Waals surface area contributed by atoms with E-state index in [4.69, 9.17) is 11.6 Å². The summed E-state index contributed by atoms with van der Waals surface area (Å²) in [7, 11) is 0. The van der Waals surface area contributed by atoms with Gasteiger partial charge in [0.15, 0.2) is 11.6 Å². The molecule has 2 N–H and O–H groups in total. The van der Waals surface area contributed by atoms with Gasteiger partial charge in [-0.3, -0.25) is 0 Å². The molecule has 0 aliphatic rings. The van der Waals surface area contributed by atoms with Crippen molar-refractivity contribution in [3.63, 3.8) is 0 Å². The van der Waals surface area contributed by atoms with E-state index in [-0.39, 0.29) is 6.54 Å². The zero-order valence-electron chi connectivity index (χ0n) is 10.6. The monoisotopic (exact) mass is 297 g/mol. The van der Waals surface area contributed by atoms with Crippen LogP contribution in [0.25, 0.3) is 0 Å². The van der Waals surface area contributed by atoms with Crippen molar-refractivity contribution in [1.29, 1.82) is 0 Å². The minimum Gasteiger partial charge on any atom is -0.387 e. The largest absolute Gasteiger partial charge is 0.387 e. The van der Waals surface area contributed by atoms with E-state index in [1.54, 1.807) is 24.3 Å². The van der Waals surface area contributed by atoms with Crippen LogP contribution in [0.3, 0.4) is 0 Å². The Bertz CT molecular complexity index is 592. The highest BCUT2D eigenvalue weighted by atomic mass is 35.5. The number of benzene rings is 2. The molecule has 0 heterocycles. The van der Waals surface area contributed by atoms with Crippen LogP contribution in [0.15, 0.2) is 42.5 Å². The molecule has 0 saturated heterocycles. The van der Waals surface area contributed by atoms with Crippen molar-refractivity contribution in [2.75, 3.05) is 6.54 Å². The van der Waals surface area contributed by atoms with Gasteiger partial charge in [-0.15, -0.1) is 0 Å². The third-order valence-electron chi connectivity index (χ3n) is 2.92. The Balaban J connectivity index is 1.89. The Morgan fingerprint density at radius 3 is 2.55 bits per heavy atom. The number of rotatable bonds is 5. The van der Waals surface area contributed by atoms with Crippen LogP contribution in [0.2, 0.25) is 5.02 Å². The lowest BCUT2D eigenvalue weighted by Crippen LogP contribution is -2.21. The molecule has 0 amide bonds. The molecule has 0 bridgehead atoms. The van der Waals surface area contributed by atoms with Crippen LogP contribution in [0, 0.1) is 11.6 Å². The van der Waals surface area contributed by atoms with Gasteiger partial charge < -0.3 is 10.4 Å². The van der Waals surface area contributed by atoms with E-state index in [0.717, 1.165) is 12.1 Å². The number of nitrogens with one attached hydrogen (secondary N) is 1. The van der Waals surface area contributed by atoms with Gasteiger partial charge in [-0.25, -0.2) is 8.78 Å². The van der Waals surface area contributed by atoms with E-state index in [2.05, 4.69) is 5.32 Å². The third-order valence-corrected chi connectivity index (χ3v) is 3.26. The van der Waals surface area contributed by atoms with Gasteiger partial charge in [0, 0.05) is 23.7 Å². The van der Waals surface area contributed by atoms with Crippen LogP contribution in [0.1, 0.15) is 17.2 Å². The molecular weight excluding hydrogens is 284 g/mol. The van der Waals surface area contributed by atoms with Crippen molar-refractivity contribution < 1.29 is 13.9 Å². The predicted molar refractivity (Wildman–Crippen MR) is 74.5 cm³/mol. The Hall–Kier alpha value is -1.49. The first kappa shape index (κ1) is 14.9. The molecule has 0 saturated carbocycles. The van der Waals surface area contributed by atoms with Gasteiger partial charge in [0.05, 0.1) is 6.10 Å². The number of aliphatic hydroxyl groups excluding tert-OH is 1. The van der Waals surface area contributed by atoms with Gasteiger partial charge in [-0.1, -0.05) is 35.9 Å². The summed E-state index contributed by atoms with van der Waals surface area (Å²) in [5.41, 5.74) is 1.24. The normalized spacial score (nSPS) is 12.4. The van der Waals surface area contributed by atoms with Gasteiger partial charge >= 0.3 is 0 Å². The molecular formula is C15H14ClF2NO. The van der Waals surface area contributed by atoms with E-state index in [0.29, 0.717) is 22.7 Å². The van der Waals surface area contributed by atoms with Crippen LogP contribution < -0.4 is 5.32 Å². The highest BCUT2D eigenvalue weighted by molar-refractivity contribution is 6.31. The zero-order chi connectivity index (χ0) is 14.5. The van der Waals surface area contributed by atoms with E-state index >= 15 is 0 Å². The summed E-state index contributed by atoms with van der Waals surface area (Å²) >= 11 is 5.97. The molecule has 1 atom stereocenters. The number of hydrogen-bond donors (Lipinski definition) is 2. The highest BCUT2D eigenvalue weighted by Crippen LogP contribution is 2.21. The summed E-state index contributed by atoms with van der Waals surface area (Å²) in [4.78, 5) is 0. The first-order valence-corrected chi connectivity index (χ1v) is 6.53. The second kappa shape index (κ2) is 6.79. The van der Waals surface area contributed by atoms with Gasteiger partial charge in [-0.05, 0) is 23.8 Å². The molecule has 106 valence electrons. The summed E-state index contributed by atoms with van der Waals surface area (Å²) in [6, 6.07) is 10.7. The summed E-state index contributed by atoms with van der Waals surface area (Å²) in [6.45, 7) is 0.599. The Labute approximate surface area is 121 Å². The number of halogens is 3. The quantitative estimate of drug-likeness (QED) is 0.886. The fourth-order valence-electron chi connectivity index (χ4n) is 1.86. The molecule has 5 heteroatoms. The number of aliphatic hydroxyl groups is 1. The fraction of sp³-hybridized carbons (Fsp3) is 0.200. The molecule has 2 aromatic carbocycles. The van der Waals surface area contributed by atoms with Crippen LogP contribution in [-0.2, 0) is 6.54 Å². The fourth-order valence-corrected chi connectivity index (χ4v) is 2.12. The highest BCUT2D eigenvalue weighted by Gasteiger charge is 2.10. The van der Waals surface area contributed by atoms with Crippen molar-refractivity contribution in [1.82, 2.24) is 5.32 Å². The maximum Gasteiger partial charge on any atom is 0.159 e. The lowest BCUT2D eigenvalue weighted by atomic mass is 10.1. The maximum absolute atomic E-state index is 13.0. The lowest BCUT2D eigenvalue weighted by Gasteiger charge is -2.13. The van der Waals surface area contributed by atoms with E-state index < -0.39 is 17.7 Å². The Kier molecular flexibility index (Phi) is 5.06. The molecule has 2 nitrogen and oxygen atoms in total. The van der Waals surface area contributed by atoms with Gasteiger partial charge in [0.25, 0.3) is 0 Å². The van der Waals surface area contributed by atoms with Crippen molar-refractivity contribution in [3.8, 4) is 0 Å². The molecule has 0 aliphatic heterocycles.